The van der Waals surface area contributed by atoms with Crippen LogP contribution in [0.15, 0.2) is 34.7 Å². The lowest BCUT2D eigenvalue weighted by Crippen LogP contribution is -2.24. The van der Waals surface area contributed by atoms with Crippen molar-refractivity contribution in [2.45, 2.75) is 31.7 Å². The van der Waals surface area contributed by atoms with Gasteiger partial charge in [0.2, 0.25) is 5.89 Å². The molecule has 1 aromatic carbocycles. The van der Waals surface area contributed by atoms with E-state index < -0.39 is 0 Å². The molecule has 2 heterocycles. The number of aromatic nitrogens is 2. The van der Waals surface area contributed by atoms with Crippen molar-refractivity contribution in [2.75, 3.05) is 32.1 Å². The molecule has 5 heteroatoms. The number of hydrogen-bond donors (Lipinski definition) is 0. The third kappa shape index (κ3) is 3.65. The molecule has 0 spiro atoms. The van der Waals surface area contributed by atoms with Crippen LogP contribution in [0.4, 0.5) is 6.01 Å². The number of hydrogen-bond acceptors (Lipinski definition) is 5. The van der Waals surface area contributed by atoms with Gasteiger partial charge in [-0.1, -0.05) is 35.4 Å². The van der Waals surface area contributed by atoms with Gasteiger partial charge in [0.1, 0.15) is 0 Å². The van der Waals surface area contributed by atoms with Crippen LogP contribution in [0.1, 0.15) is 36.6 Å². The van der Waals surface area contributed by atoms with E-state index in [-0.39, 0.29) is 0 Å². The maximum Gasteiger partial charge on any atom is 0.317 e. The highest BCUT2D eigenvalue weighted by atomic mass is 16.4. The highest BCUT2D eigenvalue weighted by Gasteiger charge is 2.20. The van der Waals surface area contributed by atoms with Gasteiger partial charge in [0.15, 0.2) is 0 Å². The van der Waals surface area contributed by atoms with Gasteiger partial charge in [0.05, 0.1) is 6.54 Å². The van der Waals surface area contributed by atoms with Gasteiger partial charge in [-0.3, -0.25) is 4.90 Å². The van der Waals surface area contributed by atoms with Crippen molar-refractivity contribution < 1.29 is 4.42 Å². The quantitative estimate of drug-likeness (QED) is 0.869. The second-order valence-corrected chi connectivity index (χ2v) is 6.19. The lowest BCUT2D eigenvalue weighted by molar-refractivity contribution is 0.247. The SMILES string of the molecule is CN(C)c1nnc(CN2CCCC(c3ccccc3)CC2)o1. The molecule has 0 N–H and O–H groups in total. The molecule has 1 unspecified atom stereocenters. The Bertz CT molecular complexity index is 581. The van der Waals surface area contributed by atoms with Crippen molar-refractivity contribution in [2.24, 2.45) is 0 Å². The van der Waals surface area contributed by atoms with E-state index in [2.05, 4.69) is 45.4 Å². The molecule has 1 aromatic heterocycles. The van der Waals surface area contributed by atoms with Crippen LogP contribution in [0, 0.1) is 0 Å². The maximum atomic E-state index is 5.66. The summed E-state index contributed by atoms with van der Waals surface area (Å²) in [5.41, 5.74) is 1.47. The first-order valence-corrected chi connectivity index (χ1v) is 7.99. The van der Waals surface area contributed by atoms with Crippen LogP contribution in [-0.2, 0) is 6.54 Å². The molecule has 0 amide bonds. The summed E-state index contributed by atoms with van der Waals surface area (Å²) in [6, 6.07) is 11.4. The molecular weight excluding hydrogens is 276 g/mol. The molecular formula is C17H24N4O. The summed E-state index contributed by atoms with van der Waals surface area (Å²) in [7, 11) is 3.82. The van der Waals surface area contributed by atoms with Gasteiger partial charge in [0.25, 0.3) is 0 Å². The van der Waals surface area contributed by atoms with Crippen molar-refractivity contribution >= 4 is 6.01 Å². The zero-order valence-electron chi connectivity index (χ0n) is 13.4. The summed E-state index contributed by atoms with van der Waals surface area (Å²) in [4.78, 5) is 4.26. The minimum Gasteiger partial charge on any atom is -0.407 e. The first-order chi connectivity index (χ1) is 10.7. The molecule has 1 fully saturated rings. The third-order valence-electron chi connectivity index (χ3n) is 4.29. The Morgan fingerprint density at radius 3 is 2.68 bits per heavy atom. The monoisotopic (exact) mass is 300 g/mol. The van der Waals surface area contributed by atoms with Crippen LogP contribution in [0.2, 0.25) is 0 Å². The molecule has 5 nitrogen and oxygen atoms in total. The van der Waals surface area contributed by atoms with E-state index in [0.717, 1.165) is 19.6 Å². The zero-order valence-corrected chi connectivity index (χ0v) is 13.4. The lowest BCUT2D eigenvalue weighted by atomic mass is 9.92. The molecule has 0 radical (unpaired) electrons. The van der Waals surface area contributed by atoms with Gasteiger partial charge >= 0.3 is 6.01 Å². The molecule has 1 aliphatic heterocycles. The minimum atomic E-state index is 0.576. The van der Waals surface area contributed by atoms with E-state index in [4.69, 9.17) is 4.42 Å². The Hall–Kier alpha value is -1.88. The average molecular weight is 300 g/mol. The molecule has 22 heavy (non-hydrogen) atoms. The van der Waals surface area contributed by atoms with Gasteiger partial charge in [-0.05, 0) is 43.8 Å². The Morgan fingerprint density at radius 1 is 1.14 bits per heavy atom. The largest absolute Gasteiger partial charge is 0.407 e. The fourth-order valence-electron chi connectivity index (χ4n) is 3.05. The van der Waals surface area contributed by atoms with Crippen LogP contribution >= 0.6 is 0 Å². The van der Waals surface area contributed by atoms with Crippen LogP contribution in [-0.4, -0.2) is 42.3 Å². The van der Waals surface area contributed by atoms with Crippen molar-refractivity contribution in [3.05, 3.63) is 41.8 Å². The van der Waals surface area contributed by atoms with Crippen molar-refractivity contribution in [3.63, 3.8) is 0 Å². The first-order valence-electron chi connectivity index (χ1n) is 7.99. The molecule has 2 aromatic rings. The van der Waals surface area contributed by atoms with Gasteiger partial charge in [-0.2, -0.15) is 0 Å². The Labute approximate surface area is 131 Å². The van der Waals surface area contributed by atoms with E-state index in [1.54, 1.807) is 0 Å². The second-order valence-electron chi connectivity index (χ2n) is 6.19. The molecule has 0 saturated carbocycles. The minimum absolute atomic E-state index is 0.576. The average Bonchev–Trinajstić information content (AvgIpc) is 2.87. The van der Waals surface area contributed by atoms with Gasteiger partial charge in [0, 0.05) is 14.1 Å². The van der Waals surface area contributed by atoms with Crippen LogP contribution in [0.5, 0.6) is 0 Å². The predicted octanol–water partition coefficient (Wildman–Crippen LogP) is 2.91. The normalized spacial score (nSPS) is 19.8. The standard InChI is InChI=1S/C17H24N4O/c1-20(2)17-19-18-16(22-17)13-21-11-6-9-15(10-12-21)14-7-4-3-5-8-14/h3-5,7-8,15H,6,9-13H2,1-2H3. The summed E-state index contributed by atoms with van der Waals surface area (Å²) in [5, 5.41) is 8.19. The first kappa shape index (κ1) is 15.0. The van der Waals surface area contributed by atoms with E-state index in [1.165, 1.54) is 24.8 Å². The third-order valence-corrected chi connectivity index (χ3v) is 4.29. The Kier molecular flexibility index (Phi) is 4.73. The van der Waals surface area contributed by atoms with E-state index >= 15 is 0 Å². The van der Waals surface area contributed by atoms with Crippen molar-refractivity contribution in [1.29, 1.82) is 0 Å². The zero-order chi connectivity index (χ0) is 15.4. The second kappa shape index (κ2) is 6.92. The highest BCUT2D eigenvalue weighted by molar-refractivity contribution is 5.20. The smallest absolute Gasteiger partial charge is 0.317 e. The number of nitrogens with zero attached hydrogens (tertiary/aromatic N) is 4. The topological polar surface area (TPSA) is 45.4 Å². The fraction of sp³-hybridized carbons (Fsp3) is 0.529. The lowest BCUT2D eigenvalue weighted by Gasteiger charge is -2.18. The van der Waals surface area contributed by atoms with Gasteiger partial charge in [-0.15, -0.1) is 5.10 Å². The number of benzene rings is 1. The Balaban J connectivity index is 1.58. The molecule has 0 bridgehead atoms. The molecule has 3 rings (SSSR count). The molecule has 1 saturated heterocycles. The summed E-state index contributed by atoms with van der Waals surface area (Å²) in [6.07, 6.45) is 3.67. The van der Waals surface area contributed by atoms with E-state index in [0.29, 0.717) is 17.8 Å². The molecule has 0 aliphatic carbocycles. The molecule has 1 atom stereocenters. The molecule has 1 aliphatic rings. The highest BCUT2D eigenvalue weighted by Crippen LogP contribution is 2.28. The van der Waals surface area contributed by atoms with Crippen LogP contribution in [0.3, 0.4) is 0 Å². The number of anilines is 1. The van der Waals surface area contributed by atoms with Gasteiger partial charge in [-0.25, -0.2) is 0 Å². The van der Waals surface area contributed by atoms with Crippen molar-refractivity contribution in [3.8, 4) is 0 Å². The van der Waals surface area contributed by atoms with Crippen LogP contribution in [0.25, 0.3) is 0 Å². The Morgan fingerprint density at radius 2 is 1.95 bits per heavy atom. The van der Waals surface area contributed by atoms with Crippen LogP contribution < -0.4 is 4.90 Å². The summed E-state index contributed by atoms with van der Waals surface area (Å²) < 4.78 is 5.66. The number of rotatable bonds is 4. The molecule has 118 valence electrons. The summed E-state index contributed by atoms with van der Waals surface area (Å²) in [5.74, 6) is 1.38. The fourth-order valence-corrected chi connectivity index (χ4v) is 3.05. The van der Waals surface area contributed by atoms with Crippen molar-refractivity contribution in [1.82, 2.24) is 15.1 Å². The van der Waals surface area contributed by atoms with Gasteiger partial charge < -0.3 is 9.32 Å². The predicted molar refractivity (Wildman–Crippen MR) is 86.9 cm³/mol. The van der Waals surface area contributed by atoms with E-state index in [1.807, 2.05) is 19.0 Å². The summed E-state index contributed by atoms with van der Waals surface area (Å²) in [6.45, 7) is 2.94. The maximum absolute atomic E-state index is 5.66. The summed E-state index contributed by atoms with van der Waals surface area (Å²) >= 11 is 0. The van der Waals surface area contributed by atoms with E-state index in [9.17, 15) is 0 Å². The number of likely N-dealkylation sites (tertiary alicyclic amines) is 1.